The van der Waals surface area contributed by atoms with E-state index in [0.29, 0.717) is 12.3 Å². The number of ether oxygens (including phenoxy) is 1. The molecule has 110 valence electrons. The second-order valence-corrected chi connectivity index (χ2v) is 6.04. The van der Waals surface area contributed by atoms with Crippen LogP contribution in [0, 0.1) is 5.92 Å². The Morgan fingerprint density at radius 3 is 2.95 bits per heavy atom. The third-order valence-electron chi connectivity index (χ3n) is 3.54. The second-order valence-electron chi connectivity index (χ2n) is 6.04. The first-order valence-corrected chi connectivity index (χ1v) is 7.64. The van der Waals surface area contributed by atoms with Gasteiger partial charge in [-0.1, -0.05) is 26.0 Å². The lowest BCUT2D eigenvalue weighted by atomic mass is 10.0. The molecule has 0 aromatic heterocycles. The fourth-order valence-corrected chi connectivity index (χ4v) is 2.63. The Kier molecular flexibility index (Phi) is 5.60. The molecule has 1 aromatic rings. The summed E-state index contributed by atoms with van der Waals surface area (Å²) in [5.74, 6) is 0.676. The normalized spacial score (nSPS) is 19.1. The predicted molar refractivity (Wildman–Crippen MR) is 81.8 cm³/mol. The number of amides is 1. The van der Waals surface area contributed by atoms with Crippen LogP contribution in [0.25, 0.3) is 0 Å². The van der Waals surface area contributed by atoms with Crippen LogP contribution in [0.15, 0.2) is 24.3 Å². The van der Waals surface area contributed by atoms with Gasteiger partial charge in [0.1, 0.15) is 0 Å². The van der Waals surface area contributed by atoms with Gasteiger partial charge >= 0.3 is 0 Å². The highest BCUT2D eigenvalue weighted by molar-refractivity contribution is 5.91. The van der Waals surface area contributed by atoms with E-state index in [1.54, 1.807) is 0 Å². The van der Waals surface area contributed by atoms with Crippen LogP contribution < -0.4 is 5.32 Å². The summed E-state index contributed by atoms with van der Waals surface area (Å²) >= 11 is 0. The molecule has 2 rings (SSSR count). The van der Waals surface area contributed by atoms with Crippen LogP contribution in [0.1, 0.15) is 45.1 Å². The van der Waals surface area contributed by atoms with E-state index in [4.69, 9.17) is 4.74 Å². The van der Waals surface area contributed by atoms with Crippen LogP contribution in [0.5, 0.6) is 0 Å². The number of carbonyl (C=O) groups excluding carboxylic acids is 1. The van der Waals surface area contributed by atoms with Crippen molar-refractivity contribution in [3.8, 4) is 0 Å². The molecule has 0 saturated carbocycles. The van der Waals surface area contributed by atoms with Crippen LogP contribution in [0.3, 0.4) is 0 Å². The van der Waals surface area contributed by atoms with Gasteiger partial charge in [-0.3, -0.25) is 4.79 Å². The Morgan fingerprint density at radius 1 is 1.40 bits per heavy atom. The molecule has 0 aliphatic carbocycles. The number of anilines is 1. The summed E-state index contributed by atoms with van der Waals surface area (Å²) in [6.07, 6.45) is 4.89. The van der Waals surface area contributed by atoms with Gasteiger partial charge in [0, 0.05) is 12.3 Å². The predicted octanol–water partition coefficient (Wildman–Crippen LogP) is 3.78. The molecule has 1 saturated heterocycles. The van der Waals surface area contributed by atoms with E-state index in [9.17, 15) is 4.79 Å². The van der Waals surface area contributed by atoms with E-state index in [1.165, 1.54) is 12.0 Å². The molecule has 1 heterocycles. The van der Waals surface area contributed by atoms with Crippen molar-refractivity contribution in [2.24, 2.45) is 5.92 Å². The Bertz CT molecular complexity index is 436. The lowest BCUT2D eigenvalue weighted by molar-refractivity contribution is -0.119. The number of benzene rings is 1. The first kappa shape index (κ1) is 15.0. The molecule has 3 nitrogen and oxygen atoms in total. The van der Waals surface area contributed by atoms with E-state index < -0.39 is 0 Å². The molecule has 1 aromatic carbocycles. The van der Waals surface area contributed by atoms with E-state index >= 15 is 0 Å². The van der Waals surface area contributed by atoms with Gasteiger partial charge in [-0.05, 0) is 49.3 Å². The van der Waals surface area contributed by atoms with Gasteiger partial charge in [0.05, 0.1) is 12.5 Å². The van der Waals surface area contributed by atoms with Gasteiger partial charge in [0.15, 0.2) is 0 Å². The standard InChI is InChI=1S/C17H25NO2/c1-13(2)10-14-6-5-7-15(11-14)18-17(19)12-16-8-3-4-9-20-16/h5-7,11,13,16H,3-4,8-10,12H2,1-2H3,(H,18,19). The minimum absolute atomic E-state index is 0.0543. The number of hydrogen-bond donors (Lipinski definition) is 1. The van der Waals surface area contributed by atoms with E-state index in [2.05, 4.69) is 31.3 Å². The Morgan fingerprint density at radius 2 is 2.25 bits per heavy atom. The maximum Gasteiger partial charge on any atom is 0.226 e. The summed E-state index contributed by atoms with van der Waals surface area (Å²) in [6, 6.07) is 8.13. The minimum Gasteiger partial charge on any atom is -0.378 e. The van der Waals surface area contributed by atoms with Crippen molar-refractivity contribution in [2.75, 3.05) is 11.9 Å². The summed E-state index contributed by atoms with van der Waals surface area (Å²) in [4.78, 5) is 12.0. The van der Waals surface area contributed by atoms with E-state index in [-0.39, 0.29) is 12.0 Å². The number of hydrogen-bond acceptors (Lipinski definition) is 2. The summed E-state index contributed by atoms with van der Waals surface area (Å²) in [6.45, 7) is 5.19. The van der Waals surface area contributed by atoms with Crippen molar-refractivity contribution in [1.82, 2.24) is 0 Å². The van der Waals surface area contributed by atoms with Crippen molar-refractivity contribution in [3.05, 3.63) is 29.8 Å². The first-order chi connectivity index (χ1) is 9.63. The van der Waals surface area contributed by atoms with Crippen molar-refractivity contribution in [3.63, 3.8) is 0 Å². The second kappa shape index (κ2) is 7.44. The largest absolute Gasteiger partial charge is 0.378 e. The van der Waals surface area contributed by atoms with E-state index in [1.807, 2.05) is 12.1 Å². The monoisotopic (exact) mass is 275 g/mol. The van der Waals surface area contributed by atoms with Gasteiger partial charge < -0.3 is 10.1 Å². The molecule has 0 radical (unpaired) electrons. The van der Waals surface area contributed by atoms with Crippen LogP contribution in [0.4, 0.5) is 5.69 Å². The van der Waals surface area contributed by atoms with Crippen molar-refractivity contribution >= 4 is 11.6 Å². The molecule has 0 bridgehead atoms. The highest BCUT2D eigenvalue weighted by Gasteiger charge is 2.17. The summed E-state index contributed by atoms with van der Waals surface area (Å²) < 4.78 is 5.60. The van der Waals surface area contributed by atoms with Crippen LogP contribution >= 0.6 is 0 Å². The van der Waals surface area contributed by atoms with Gasteiger partial charge in [-0.2, -0.15) is 0 Å². The third kappa shape index (κ3) is 4.97. The molecule has 1 aliphatic heterocycles. The van der Waals surface area contributed by atoms with Crippen molar-refractivity contribution in [1.29, 1.82) is 0 Å². The molecule has 1 atom stereocenters. The lowest BCUT2D eigenvalue weighted by Gasteiger charge is -2.22. The van der Waals surface area contributed by atoms with Crippen LogP contribution in [-0.4, -0.2) is 18.6 Å². The number of carbonyl (C=O) groups is 1. The maximum absolute atomic E-state index is 12.0. The SMILES string of the molecule is CC(C)Cc1cccc(NC(=O)CC2CCCCO2)c1. The lowest BCUT2D eigenvalue weighted by Crippen LogP contribution is -2.25. The van der Waals surface area contributed by atoms with E-state index in [0.717, 1.165) is 31.6 Å². The maximum atomic E-state index is 12.0. The molecule has 1 unspecified atom stereocenters. The molecular formula is C17H25NO2. The average molecular weight is 275 g/mol. The molecule has 1 fully saturated rings. The van der Waals surface area contributed by atoms with Gasteiger partial charge in [-0.25, -0.2) is 0 Å². The molecule has 1 aliphatic rings. The third-order valence-corrected chi connectivity index (χ3v) is 3.54. The first-order valence-electron chi connectivity index (χ1n) is 7.64. The molecule has 1 amide bonds. The summed E-state index contributed by atoms with van der Waals surface area (Å²) in [5, 5.41) is 2.98. The number of rotatable bonds is 5. The van der Waals surface area contributed by atoms with Crippen molar-refractivity contribution in [2.45, 2.75) is 52.1 Å². The molecule has 3 heteroatoms. The van der Waals surface area contributed by atoms with Crippen LogP contribution in [-0.2, 0) is 16.0 Å². The summed E-state index contributed by atoms with van der Waals surface area (Å²) in [7, 11) is 0. The topological polar surface area (TPSA) is 38.3 Å². The Labute approximate surface area is 121 Å². The average Bonchev–Trinajstić information content (AvgIpc) is 2.39. The quantitative estimate of drug-likeness (QED) is 0.888. The Hall–Kier alpha value is -1.35. The highest BCUT2D eigenvalue weighted by Crippen LogP contribution is 2.18. The van der Waals surface area contributed by atoms with Gasteiger partial charge in [-0.15, -0.1) is 0 Å². The number of nitrogens with one attached hydrogen (secondary N) is 1. The van der Waals surface area contributed by atoms with Gasteiger partial charge in [0.2, 0.25) is 5.91 Å². The molecule has 0 spiro atoms. The van der Waals surface area contributed by atoms with Crippen molar-refractivity contribution < 1.29 is 9.53 Å². The summed E-state index contributed by atoms with van der Waals surface area (Å²) in [5.41, 5.74) is 2.16. The van der Waals surface area contributed by atoms with Gasteiger partial charge in [0.25, 0.3) is 0 Å². The zero-order valence-corrected chi connectivity index (χ0v) is 12.5. The molecule has 1 N–H and O–H groups in total. The minimum atomic E-state index is 0.0543. The fourth-order valence-electron chi connectivity index (χ4n) is 2.63. The zero-order chi connectivity index (χ0) is 14.4. The zero-order valence-electron chi connectivity index (χ0n) is 12.5. The highest BCUT2D eigenvalue weighted by atomic mass is 16.5. The molecule has 20 heavy (non-hydrogen) atoms. The smallest absolute Gasteiger partial charge is 0.226 e. The Balaban J connectivity index is 1.86. The fraction of sp³-hybridized carbons (Fsp3) is 0.588. The molecular weight excluding hydrogens is 250 g/mol. The van der Waals surface area contributed by atoms with Crippen LogP contribution in [0.2, 0.25) is 0 Å².